The smallest absolute Gasteiger partial charge is 0.233 e. The topological polar surface area (TPSA) is 54.5 Å². The predicted octanol–water partition coefficient (Wildman–Crippen LogP) is 2.27. The van der Waals surface area contributed by atoms with Crippen molar-refractivity contribution in [1.29, 1.82) is 0 Å². The van der Waals surface area contributed by atoms with E-state index >= 15 is 0 Å². The molecular formula is C14H14BrNO3. The molecule has 2 amide bonds. The third-order valence-electron chi connectivity index (χ3n) is 3.51. The Balaban J connectivity index is 2.16. The van der Waals surface area contributed by atoms with Crippen LogP contribution >= 0.6 is 15.9 Å². The molecule has 1 aromatic carbocycles. The SMILES string of the molecule is CC1C(=O)N(CC(=O)c2cccc(Br)c2)C(=O)C1C. The number of carbonyl (C=O) groups is 3. The Bertz CT molecular complexity index is 535. The molecule has 4 nitrogen and oxygen atoms in total. The van der Waals surface area contributed by atoms with Crippen molar-refractivity contribution in [3.63, 3.8) is 0 Å². The summed E-state index contributed by atoms with van der Waals surface area (Å²) in [6, 6.07) is 6.91. The first-order valence-corrected chi connectivity index (χ1v) is 6.85. The quantitative estimate of drug-likeness (QED) is 0.633. The monoisotopic (exact) mass is 323 g/mol. The zero-order valence-corrected chi connectivity index (χ0v) is 12.3. The van der Waals surface area contributed by atoms with Crippen molar-refractivity contribution in [3.8, 4) is 0 Å². The van der Waals surface area contributed by atoms with Gasteiger partial charge in [0, 0.05) is 21.9 Å². The lowest BCUT2D eigenvalue weighted by Gasteiger charge is -2.13. The molecule has 1 saturated heterocycles. The lowest BCUT2D eigenvalue weighted by atomic mass is 10.00. The summed E-state index contributed by atoms with van der Waals surface area (Å²) >= 11 is 3.29. The Hall–Kier alpha value is -1.49. The summed E-state index contributed by atoms with van der Waals surface area (Å²) in [5.74, 6) is -1.45. The molecule has 2 atom stereocenters. The van der Waals surface area contributed by atoms with Gasteiger partial charge in [0.25, 0.3) is 0 Å². The van der Waals surface area contributed by atoms with Crippen LogP contribution in [0.2, 0.25) is 0 Å². The van der Waals surface area contributed by atoms with Gasteiger partial charge in [0.1, 0.15) is 0 Å². The van der Waals surface area contributed by atoms with E-state index in [0.29, 0.717) is 5.56 Å². The summed E-state index contributed by atoms with van der Waals surface area (Å²) in [5.41, 5.74) is 0.488. The van der Waals surface area contributed by atoms with Crippen molar-refractivity contribution < 1.29 is 14.4 Å². The van der Waals surface area contributed by atoms with E-state index in [9.17, 15) is 14.4 Å². The van der Waals surface area contributed by atoms with E-state index in [2.05, 4.69) is 15.9 Å². The van der Waals surface area contributed by atoms with E-state index in [4.69, 9.17) is 0 Å². The van der Waals surface area contributed by atoms with Crippen LogP contribution in [-0.2, 0) is 9.59 Å². The predicted molar refractivity (Wildman–Crippen MR) is 73.5 cm³/mol. The van der Waals surface area contributed by atoms with Gasteiger partial charge in [0.15, 0.2) is 5.78 Å². The number of benzene rings is 1. The van der Waals surface area contributed by atoms with Crippen LogP contribution in [0, 0.1) is 11.8 Å². The molecule has 1 aliphatic heterocycles. The largest absolute Gasteiger partial charge is 0.292 e. The number of ketones is 1. The fraction of sp³-hybridized carbons (Fsp3) is 0.357. The zero-order valence-electron chi connectivity index (χ0n) is 10.7. The summed E-state index contributed by atoms with van der Waals surface area (Å²) in [5, 5.41) is 0. The molecular weight excluding hydrogens is 310 g/mol. The molecule has 100 valence electrons. The van der Waals surface area contributed by atoms with Crippen molar-refractivity contribution in [3.05, 3.63) is 34.3 Å². The molecule has 1 fully saturated rings. The van der Waals surface area contributed by atoms with Gasteiger partial charge in [-0.2, -0.15) is 0 Å². The van der Waals surface area contributed by atoms with Crippen molar-refractivity contribution in [2.45, 2.75) is 13.8 Å². The fourth-order valence-corrected chi connectivity index (χ4v) is 2.48. The molecule has 2 rings (SSSR count). The van der Waals surface area contributed by atoms with Crippen LogP contribution in [-0.4, -0.2) is 29.0 Å². The average Bonchev–Trinajstić information content (AvgIpc) is 2.56. The maximum atomic E-state index is 12.1. The van der Waals surface area contributed by atoms with Crippen LogP contribution in [0.15, 0.2) is 28.7 Å². The number of imide groups is 1. The molecule has 1 heterocycles. The first-order valence-electron chi connectivity index (χ1n) is 6.06. The van der Waals surface area contributed by atoms with Gasteiger partial charge < -0.3 is 0 Å². The van der Waals surface area contributed by atoms with Crippen LogP contribution in [0.3, 0.4) is 0 Å². The van der Waals surface area contributed by atoms with E-state index < -0.39 is 0 Å². The number of Topliss-reactive ketones (excluding diaryl/α,β-unsaturated/α-hetero) is 1. The van der Waals surface area contributed by atoms with E-state index in [0.717, 1.165) is 9.37 Å². The highest BCUT2D eigenvalue weighted by atomic mass is 79.9. The number of rotatable bonds is 3. The van der Waals surface area contributed by atoms with Gasteiger partial charge in [-0.3, -0.25) is 19.3 Å². The van der Waals surface area contributed by atoms with Gasteiger partial charge in [0.05, 0.1) is 6.54 Å². The van der Waals surface area contributed by atoms with Gasteiger partial charge in [-0.05, 0) is 12.1 Å². The second kappa shape index (κ2) is 5.25. The number of nitrogens with zero attached hydrogens (tertiary/aromatic N) is 1. The highest BCUT2D eigenvalue weighted by molar-refractivity contribution is 9.10. The van der Waals surface area contributed by atoms with Crippen LogP contribution in [0.4, 0.5) is 0 Å². The molecule has 19 heavy (non-hydrogen) atoms. The molecule has 5 heteroatoms. The Kier molecular flexibility index (Phi) is 3.85. The number of amides is 2. The maximum absolute atomic E-state index is 12.1. The summed E-state index contributed by atoms with van der Waals surface area (Å²) in [4.78, 5) is 37.0. The fourth-order valence-electron chi connectivity index (χ4n) is 2.08. The molecule has 0 bridgehead atoms. The lowest BCUT2D eigenvalue weighted by Crippen LogP contribution is -2.35. The molecule has 0 saturated carbocycles. The molecule has 1 aromatic rings. The third-order valence-corrected chi connectivity index (χ3v) is 4.00. The lowest BCUT2D eigenvalue weighted by molar-refractivity contribution is -0.139. The second-order valence-corrected chi connectivity index (χ2v) is 5.69. The summed E-state index contributed by atoms with van der Waals surface area (Å²) in [6.45, 7) is 3.26. The van der Waals surface area contributed by atoms with Crippen molar-refractivity contribution >= 4 is 33.5 Å². The van der Waals surface area contributed by atoms with Crippen LogP contribution < -0.4 is 0 Å². The molecule has 2 unspecified atom stereocenters. The third kappa shape index (κ3) is 2.61. The Morgan fingerprint density at radius 1 is 1.21 bits per heavy atom. The summed E-state index contributed by atoms with van der Waals surface area (Å²) in [6.07, 6.45) is 0. The van der Waals surface area contributed by atoms with Crippen molar-refractivity contribution in [2.24, 2.45) is 11.8 Å². The minimum atomic E-state index is -0.345. The molecule has 0 spiro atoms. The first-order chi connectivity index (χ1) is 8.91. The highest BCUT2D eigenvalue weighted by Crippen LogP contribution is 2.25. The molecule has 0 radical (unpaired) electrons. The minimum Gasteiger partial charge on any atom is -0.292 e. The van der Waals surface area contributed by atoms with Gasteiger partial charge in [0.2, 0.25) is 11.8 Å². The first kappa shape index (κ1) is 13.9. The number of likely N-dealkylation sites (tertiary alicyclic amines) is 1. The molecule has 1 aliphatic rings. The summed E-state index contributed by atoms with van der Waals surface area (Å²) in [7, 11) is 0. The standard InChI is InChI=1S/C14H14BrNO3/c1-8-9(2)14(19)16(13(8)18)7-12(17)10-4-3-5-11(15)6-10/h3-6,8-9H,7H2,1-2H3. The highest BCUT2D eigenvalue weighted by Gasteiger charge is 2.42. The number of hydrogen-bond acceptors (Lipinski definition) is 3. The van der Waals surface area contributed by atoms with Crippen LogP contribution in [0.25, 0.3) is 0 Å². The van der Waals surface area contributed by atoms with E-state index in [-0.39, 0.29) is 36.0 Å². The van der Waals surface area contributed by atoms with E-state index in [1.54, 1.807) is 32.0 Å². The summed E-state index contributed by atoms with van der Waals surface area (Å²) < 4.78 is 0.791. The van der Waals surface area contributed by atoms with E-state index in [1.807, 2.05) is 6.07 Å². The molecule has 0 N–H and O–H groups in total. The molecule has 0 aromatic heterocycles. The second-order valence-electron chi connectivity index (χ2n) is 4.77. The Morgan fingerprint density at radius 2 is 1.79 bits per heavy atom. The number of carbonyl (C=O) groups excluding carboxylic acids is 3. The van der Waals surface area contributed by atoms with Gasteiger partial charge in [-0.1, -0.05) is 41.9 Å². The zero-order chi connectivity index (χ0) is 14.2. The Labute approximate surface area is 119 Å². The normalized spacial score (nSPS) is 23.0. The van der Waals surface area contributed by atoms with Crippen LogP contribution in [0.1, 0.15) is 24.2 Å². The van der Waals surface area contributed by atoms with Crippen molar-refractivity contribution in [1.82, 2.24) is 4.90 Å². The average molecular weight is 324 g/mol. The van der Waals surface area contributed by atoms with E-state index in [1.165, 1.54) is 0 Å². The Morgan fingerprint density at radius 3 is 2.32 bits per heavy atom. The van der Waals surface area contributed by atoms with Gasteiger partial charge >= 0.3 is 0 Å². The number of halogens is 1. The van der Waals surface area contributed by atoms with Crippen molar-refractivity contribution in [2.75, 3.05) is 6.54 Å². The van der Waals surface area contributed by atoms with Gasteiger partial charge in [-0.15, -0.1) is 0 Å². The minimum absolute atomic E-state index is 0.178. The maximum Gasteiger partial charge on any atom is 0.233 e. The molecule has 0 aliphatic carbocycles. The van der Waals surface area contributed by atoms with Crippen LogP contribution in [0.5, 0.6) is 0 Å². The van der Waals surface area contributed by atoms with Gasteiger partial charge in [-0.25, -0.2) is 0 Å². The number of hydrogen-bond donors (Lipinski definition) is 0.